The molecule has 0 spiro atoms. The summed E-state index contributed by atoms with van der Waals surface area (Å²) >= 11 is 1.87. The Balaban J connectivity index is 1.74. The fraction of sp³-hybridized carbons (Fsp3) is 0.714. The SMILES string of the molecule is CC(Cc1cccs1)NCC1(C(C)C)CC1. The summed E-state index contributed by atoms with van der Waals surface area (Å²) in [6.07, 6.45) is 4.01. The van der Waals surface area contributed by atoms with Gasteiger partial charge in [-0.1, -0.05) is 19.9 Å². The first kappa shape index (κ1) is 12.1. The summed E-state index contributed by atoms with van der Waals surface area (Å²) in [5.41, 5.74) is 0.629. The van der Waals surface area contributed by atoms with Crippen LogP contribution in [0.3, 0.4) is 0 Å². The van der Waals surface area contributed by atoms with Crippen LogP contribution >= 0.6 is 11.3 Å². The van der Waals surface area contributed by atoms with Crippen LogP contribution in [-0.2, 0) is 6.42 Å². The molecule has 0 aliphatic heterocycles. The second-order valence-electron chi connectivity index (χ2n) is 5.58. The summed E-state index contributed by atoms with van der Waals surface area (Å²) in [4.78, 5) is 1.49. The Morgan fingerprint density at radius 1 is 1.38 bits per heavy atom. The number of nitrogens with one attached hydrogen (secondary N) is 1. The predicted octanol–water partition coefficient (Wildman–Crippen LogP) is 3.70. The lowest BCUT2D eigenvalue weighted by Gasteiger charge is -2.23. The van der Waals surface area contributed by atoms with E-state index >= 15 is 0 Å². The quantitative estimate of drug-likeness (QED) is 0.795. The Morgan fingerprint density at radius 2 is 2.12 bits per heavy atom. The molecule has 16 heavy (non-hydrogen) atoms. The molecule has 0 saturated heterocycles. The molecule has 1 atom stereocenters. The monoisotopic (exact) mass is 237 g/mol. The van der Waals surface area contributed by atoms with Crippen LogP contribution in [0, 0.1) is 11.3 Å². The zero-order chi connectivity index (χ0) is 11.6. The molecule has 2 rings (SSSR count). The van der Waals surface area contributed by atoms with E-state index in [1.807, 2.05) is 11.3 Å². The van der Waals surface area contributed by atoms with Crippen LogP contribution in [-0.4, -0.2) is 12.6 Å². The molecule has 2 heteroatoms. The van der Waals surface area contributed by atoms with E-state index in [4.69, 9.17) is 0 Å². The van der Waals surface area contributed by atoms with E-state index in [1.54, 1.807) is 0 Å². The molecule has 1 fully saturated rings. The zero-order valence-corrected chi connectivity index (χ0v) is 11.4. The van der Waals surface area contributed by atoms with Crippen LogP contribution < -0.4 is 5.32 Å². The van der Waals surface area contributed by atoms with Gasteiger partial charge in [-0.3, -0.25) is 0 Å². The molecule has 1 heterocycles. The molecule has 0 bridgehead atoms. The Morgan fingerprint density at radius 3 is 2.62 bits per heavy atom. The highest BCUT2D eigenvalue weighted by molar-refractivity contribution is 7.09. The van der Waals surface area contributed by atoms with Gasteiger partial charge in [-0.2, -0.15) is 0 Å². The van der Waals surface area contributed by atoms with Crippen LogP contribution in [0.25, 0.3) is 0 Å². The van der Waals surface area contributed by atoms with Crippen molar-refractivity contribution in [2.24, 2.45) is 11.3 Å². The maximum Gasteiger partial charge on any atom is 0.00872 e. The maximum atomic E-state index is 3.71. The molecule has 0 aromatic carbocycles. The summed E-state index contributed by atoms with van der Waals surface area (Å²) in [6.45, 7) is 8.23. The third-order valence-corrected chi connectivity index (χ3v) is 4.91. The molecule has 1 aliphatic carbocycles. The van der Waals surface area contributed by atoms with E-state index in [1.165, 1.54) is 30.7 Å². The second kappa shape index (κ2) is 4.89. The Kier molecular flexibility index (Phi) is 3.70. The van der Waals surface area contributed by atoms with Gasteiger partial charge in [0.15, 0.2) is 0 Å². The van der Waals surface area contributed by atoms with Crippen LogP contribution in [0.2, 0.25) is 0 Å². The van der Waals surface area contributed by atoms with Gasteiger partial charge in [0.05, 0.1) is 0 Å². The average molecular weight is 237 g/mol. The van der Waals surface area contributed by atoms with Gasteiger partial charge < -0.3 is 5.32 Å². The zero-order valence-electron chi connectivity index (χ0n) is 10.6. The lowest BCUT2D eigenvalue weighted by atomic mass is 9.92. The van der Waals surface area contributed by atoms with Crippen LogP contribution in [0.15, 0.2) is 17.5 Å². The van der Waals surface area contributed by atoms with E-state index in [-0.39, 0.29) is 0 Å². The summed E-state index contributed by atoms with van der Waals surface area (Å²) in [5.74, 6) is 0.828. The number of hydrogen-bond donors (Lipinski definition) is 1. The highest BCUT2D eigenvalue weighted by atomic mass is 32.1. The summed E-state index contributed by atoms with van der Waals surface area (Å²) in [5, 5.41) is 5.88. The molecule has 1 aliphatic rings. The van der Waals surface area contributed by atoms with Gasteiger partial charge in [0.25, 0.3) is 0 Å². The first-order valence-electron chi connectivity index (χ1n) is 6.38. The summed E-state index contributed by atoms with van der Waals surface area (Å²) < 4.78 is 0. The van der Waals surface area contributed by atoms with E-state index in [0.717, 1.165) is 5.92 Å². The highest BCUT2D eigenvalue weighted by Crippen LogP contribution is 2.51. The van der Waals surface area contributed by atoms with Gasteiger partial charge in [0.1, 0.15) is 0 Å². The molecule has 1 N–H and O–H groups in total. The van der Waals surface area contributed by atoms with E-state index < -0.39 is 0 Å². The summed E-state index contributed by atoms with van der Waals surface area (Å²) in [7, 11) is 0. The van der Waals surface area contributed by atoms with Crippen molar-refractivity contribution in [1.29, 1.82) is 0 Å². The third-order valence-electron chi connectivity index (χ3n) is 4.01. The minimum Gasteiger partial charge on any atom is -0.313 e. The lowest BCUT2D eigenvalue weighted by Crippen LogP contribution is -2.35. The third kappa shape index (κ3) is 2.86. The molecular formula is C14H23NS. The largest absolute Gasteiger partial charge is 0.313 e. The number of hydrogen-bond acceptors (Lipinski definition) is 2. The van der Waals surface area contributed by atoms with E-state index in [2.05, 4.69) is 43.6 Å². The molecule has 1 aromatic heterocycles. The Hall–Kier alpha value is -0.340. The standard InChI is InChI=1S/C14H23NS/c1-11(2)14(6-7-14)10-15-12(3)9-13-5-4-8-16-13/h4-5,8,11-12,15H,6-7,9-10H2,1-3H3. The van der Waals surface area contributed by atoms with Crippen molar-refractivity contribution in [2.45, 2.75) is 46.1 Å². The van der Waals surface area contributed by atoms with Crippen molar-refractivity contribution in [3.8, 4) is 0 Å². The fourth-order valence-corrected chi connectivity index (χ4v) is 3.13. The van der Waals surface area contributed by atoms with E-state index in [0.29, 0.717) is 11.5 Å². The number of rotatable bonds is 6. The normalized spacial score (nSPS) is 20.0. The molecule has 0 radical (unpaired) electrons. The average Bonchev–Trinajstić information content (AvgIpc) is 2.88. The fourth-order valence-electron chi connectivity index (χ4n) is 2.30. The van der Waals surface area contributed by atoms with Crippen molar-refractivity contribution >= 4 is 11.3 Å². The van der Waals surface area contributed by atoms with Crippen molar-refractivity contribution in [1.82, 2.24) is 5.32 Å². The van der Waals surface area contributed by atoms with E-state index in [9.17, 15) is 0 Å². The number of thiophene rings is 1. The topological polar surface area (TPSA) is 12.0 Å². The molecule has 90 valence electrons. The molecule has 1 nitrogen and oxygen atoms in total. The Bertz CT molecular complexity index is 311. The smallest absolute Gasteiger partial charge is 0.00872 e. The lowest BCUT2D eigenvalue weighted by molar-refractivity contribution is 0.323. The molecular weight excluding hydrogens is 214 g/mol. The van der Waals surface area contributed by atoms with Gasteiger partial charge in [0.2, 0.25) is 0 Å². The van der Waals surface area contributed by atoms with Crippen LogP contribution in [0.1, 0.15) is 38.5 Å². The van der Waals surface area contributed by atoms with Crippen molar-refractivity contribution < 1.29 is 0 Å². The van der Waals surface area contributed by atoms with Gasteiger partial charge in [0, 0.05) is 17.5 Å². The van der Waals surface area contributed by atoms with Crippen LogP contribution in [0.4, 0.5) is 0 Å². The van der Waals surface area contributed by atoms with Gasteiger partial charge in [-0.05, 0) is 49.0 Å². The van der Waals surface area contributed by atoms with Crippen molar-refractivity contribution in [2.75, 3.05) is 6.54 Å². The summed E-state index contributed by atoms with van der Waals surface area (Å²) in [6, 6.07) is 4.98. The minimum absolute atomic E-state index is 0.606. The first-order chi connectivity index (χ1) is 7.62. The van der Waals surface area contributed by atoms with Gasteiger partial charge >= 0.3 is 0 Å². The predicted molar refractivity (Wildman–Crippen MR) is 72.0 cm³/mol. The maximum absolute atomic E-state index is 3.71. The molecule has 1 aromatic rings. The Labute approximate surface area is 103 Å². The second-order valence-corrected chi connectivity index (χ2v) is 6.61. The molecule has 1 unspecified atom stereocenters. The van der Waals surface area contributed by atoms with Crippen molar-refractivity contribution in [3.05, 3.63) is 22.4 Å². The van der Waals surface area contributed by atoms with Crippen LogP contribution in [0.5, 0.6) is 0 Å². The van der Waals surface area contributed by atoms with Crippen molar-refractivity contribution in [3.63, 3.8) is 0 Å². The minimum atomic E-state index is 0.606. The molecule has 0 amide bonds. The molecule has 1 saturated carbocycles. The van der Waals surface area contributed by atoms with Gasteiger partial charge in [-0.15, -0.1) is 11.3 Å². The highest BCUT2D eigenvalue weighted by Gasteiger charge is 2.44. The first-order valence-corrected chi connectivity index (χ1v) is 7.26. The van der Waals surface area contributed by atoms with Gasteiger partial charge in [-0.25, -0.2) is 0 Å².